The number of hydrogen-bond acceptors (Lipinski definition) is 1. The fourth-order valence-electron chi connectivity index (χ4n) is 2.35. The molecule has 0 heterocycles. The van der Waals surface area contributed by atoms with Crippen molar-refractivity contribution in [3.63, 3.8) is 0 Å². The molecule has 0 aromatic heterocycles. The van der Waals surface area contributed by atoms with Gasteiger partial charge >= 0.3 is 0 Å². The molecule has 0 unspecified atom stereocenters. The Balaban J connectivity index is 0.00000312. The van der Waals surface area contributed by atoms with Gasteiger partial charge in [-0.15, -0.1) is 0 Å². The average molecular weight is 443 g/mol. The highest BCUT2D eigenvalue weighted by molar-refractivity contribution is 6.42. The van der Waals surface area contributed by atoms with Gasteiger partial charge in [0.15, 0.2) is 6.54 Å². The fraction of sp³-hybridized carbons (Fsp3) is 0.235. The van der Waals surface area contributed by atoms with Crippen molar-refractivity contribution in [2.45, 2.75) is 6.54 Å². The molecule has 3 nitrogen and oxygen atoms in total. The number of anilines is 1. The molecule has 0 aliphatic heterocycles. The highest BCUT2D eigenvalue weighted by Gasteiger charge is 2.21. The lowest BCUT2D eigenvalue weighted by Gasteiger charge is -2.29. The van der Waals surface area contributed by atoms with Gasteiger partial charge in [-0.3, -0.25) is 4.79 Å². The maximum Gasteiger partial charge on any atom is 0.279 e. The van der Waals surface area contributed by atoms with E-state index in [1.807, 2.05) is 26.2 Å². The van der Waals surface area contributed by atoms with Gasteiger partial charge in [-0.1, -0.05) is 52.5 Å². The van der Waals surface area contributed by atoms with Crippen molar-refractivity contribution in [3.05, 3.63) is 62.1 Å². The van der Waals surface area contributed by atoms with E-state index >= 15 is 0 Å². The largest absolute Gasteiger partial charge is 1.00 e. The minimum atomic E-state index is -0.113. The SMILES string of the molecule is C[N+](C)(CC(=O)Nc1ccc(Cl)c(Cl)c1)Cc1ccc(Cl)c(Cl)c1.[Cl-]. The number of carbonyl (C=O) groups excluding carboxylic acids is 1. The Morgan fingerprint density at radius 1 is 0.920 bits per heavy atom. The van der Waals surface area contributed by atoms with Gasteiger partial charge in [0.25, 0.3) is 5.91 Å². The van der Waals surface area contributed by atoms with Crippen LogP contribution in [0.1, 0.15) is 5.56 Å². The van der Waals surface area contributed by atoms with E-state index in [0.29, 0.717) is 43.4 Å². The molecular formula is C17H17Cl5N2O. The summed E-state index contributed by atoms with van der Waals surface area (Å²) in [4.78, 5) is 12.3. The molecule has 0 atom stereocenters. The number of quaternary nitrogens is 1. The molecule has 0 bridgehead atoms. The van der Waals surface area contributed by atoms with E-state index < -0.39 is 0 Å². The van der Waals surface area contributed by atoms with Gasteiger partial charge in [-0.05, 0) is 30.3 Å². The van der Waals surface area contributed by atoms with Crippen LogP contribution < -0.4 is 17.7 Å². The highest BCUT2D eigenvalue weighted by atomic mass is 35.5. The Hall–Kier alpha value is -0.680. The minimum Gasteiger partial charge on any atom is -1.00 e. The first kappa shape index (κ1) is 22.4. The monoisotopic (exact) mass is 440 g/mol. The molecule has 1 amide bonds. The molecule has 2 rings (SSSR count). The second kappa shape index (κ2) is 9.31. The van der Waals surface area contributed by atoms with Gasteiger partial charge in [-0.2, -0.15) is 0 Å². The molecule has 0 spiro atoms. The van der Waals surface area contributed by atoms with Crippen LogP contribution in [-0.4, -0.2) is 31.0 Å². The van der Waals surface area contributed by atoms with Crippen molar-refractivity contribution < 1.29 is 21.7 Å². The first-order chi connectivity index (χ1) is 11.2. The summed E-state index contributed by atoms with van der Waals surface area (Å²) in [5.41, 5.74) is 1.63. The Morgan fingerprint density at radius 3 is 2.04 bits per heavy atom. The standard InChI is InChI=1S/C17H16Cl4N2O.ClH/c1-23(2,9-11-3-5-13(18)15(20)7-11)10-17(24)22-12-4-6-14(19)16(21)8-12;/h3-8H,9-10H2,1-2H3;1H. The van der Waals surface area contributed by atoms with Gasteiger partial charge in [0.2, 0.25) is 0 Å². The predicted molar refractivity (Wildman–Crippen MR) is 102 cm³/mol. The topological polar surface area (TPSA) is 29.1 Å². The van der Waals surface area contributed by atoms with E-state index in [-0.39, 0.29) is 18.3 Å². The number of amides is 1. The molecule has 0 aliphatic carbocycles. The van der Waals surface area contributed by atoms with Crippen molar-refractivity contribution in [2.24, 2.45) is 0 Å². The van der Waals surface area contributed by atoms with Crippen LogP contribution in [0.5, 0.6) is 0 Å². The maximum absolute atomic E-state index is 12.3. The second-order valence-electron chi connectivity index (χ2n) is 6.18. The van der Waals surface area contributed by atoms with Crippen LogP contribution in [0, 0.1) is 0 Å². The summed E-state index contributed by atoms with van der Waals surface area (Å²) in [6, 6.07) is 10.5. The fourth-order valence-corrected chi connectivity index (χ4v) is 2.97. The molecule has 8 heteroatoms. The lowest BCUT2D eigenvalue weighted by molar-refractivity contribution is -0.895. The zero-order valence-electron chi connectivity index (χ0n) is 13.6. The molecule has 0 fully saturated rings. The normalized spacial score (nSPS) is 11.0. The molecule has 0 saturated carbocycles. The third-order valence-corrected chi connectivity index (χ3v) is 4.85. The average Bonchev–Trinajstić information content (AvgIpc) is 2.46. The van der Waals surface area contributed by atoms with E-state index in [1.54, 1.807) is 24.3 Å². The van der Waals surface area contributed by atoms with E-state index in [0.717, 1.165) is 5.56 Å². The molecule has 0 saturated heterocycles. The van der Waals surface area contributed by atoms with Crippen LogP contribution >= 0.6 is 46.4 Å². The molecule has 2 aromatic carbocycles. The third kappa shape index (κ3) is 6.86. The highest BCUT2D eigenvalue weighted by Crippen LogP contribution is 2.26. The molecule has 2 aromatic rings. The van der Waals surface area contributed by atoms with Gasteiger partial charge in [-0.25, -0.2) is 0 Å². The number of likely N-dealkylation sites (N-methyl/N-ethyl adjacent to an activating group) is 1. The van der Waals surface area contributed by atoms with E-state index in [2.05, 4.69) is 5.32 Å². The van der Waals surface area contributed by atoms with Crippen LogP contribution in [0.4, 0.5) is 5.69 Å². The number of carbonyl (C=O) groups is 1. The van der Waals surface area contributed by atoms with Crippen molar-refractivity contribution in [1.29, 1.82) is 0 Å². The van der Waals surface area contributed by atoms with Crippen LogP contribution in [-0.2, 0) is 11.3 Å². The summed E-state index contributed by atoms with van der Waals surface area (Å²) in [6.45, 7) is 0.937. The van der Waals surface area contributed by atoms with Crippen molar-refractivity contribution in [2.75, 3.05) is 26.0 Å². The molecule has 25 heavy (non-hydrogen) atoms. The zero-order chi connectivity index (χ0) is 17.9. The maximum atomic E-state index is 12.3. The second-order valence-corrected chi connectivity index (χ2v) is 7.81. The summed E-state index contributed by atoms with van der Waals surface area (Å²) in [6.07, 6.45) is 0. The number of benzene rings is 2. The Morgan fingerprint density at radius 2 is 1.48 bits per heavy atom. The van der Waals surface area contributed by atoms with Crippen LogP contribution in [0.25, 0.3) is 0 Å². The molecular weight excluding hydrogens is 425 g/mol. The summed E-state index contributed by atoms with van der Waals surface area (Å²) in [7, 11) is 3.94. The van der Waals surface area contributed by atoms with Crippen LogP contribution in [0.2, 0.25) is 20.1 Å². The summed E-state index contributed by atoms with van der Waals surface area (Å²) in [5, 5.41) is 4.70. The van der Waals surface area contributed by atoms with E-state index in [9.17, 15) is 4.79 Å². The summed E-state index contributed by atoms with van der Waals surface area (Å²) >= 11 is 23.8. The van der Waals surface area contributed by atoms with Crippen molar-refractivity contribution >= 4 is 58.0 Å². The Labute approximate surface area is 173 Å². The zero-order valence-corrected chi connectivity index (χ0v) is 17.4. The quantitative estimate of drug-likeness (QED) is 0.709. The Kier molecular flexibility index (Phi) is 8.33. The van der Waals surface area contributed by atoms with Gasteiger partial charge in [0.1, 0.15) is 6.54 Å². The molecule has 0 aliphatic rings. The summed E-state index contributed by atoms with van der Waals surface area (Å²) in [5.74, 6) is -0.113. The first-order valence-corrected chi connectivity index (χ1v) is 8.68. The molecule has 136 valence electrons. The smallest absolute Gasteiger partial charge is 0.279 e. The number of nitrogens with zero attached hydrogens (tertiary/aromatic N) is 1. The van der Waals surface area contributed by atoms with Gasteiger partial charge < -0.3 is 22.2 Å². The summed E-state index contributed by atoms with van der Waals surface area (Å²) < 4.78 is 0.463. The van der Waals surface area contributed by atoms with E-state index in [4.69, 9.17) is 46.4 Å². The number of rotatable bonds is 5. The predicted octanol–water partition coefficient (Wildman–Crippen LogP) is 2.52. The number of nitrogens with one attached hydrogen (secondary N) is 1. The van der Waals surface area contributed by atoms with Crippen molar-refractivity contribution in [3.8, 4) is 0 Å². The van der Waals surface area contributed by atoms with Gasteiger partial charge in [0, 0.05) is 11.3 Å². The van der Waals surface area contributed by atoms with E-state index in [1.165, 1.54) is 0 Å². The van der Waals surface area contributed by atoms with Gasteiger partial charge in [0.05, 0.1) is 34.2 Å². The lowest BCUT2D eigenvalue weighted by Crippen LogP contribution is -3.00. The Bertz CT molecular complexity index is 765. The number of hydrogen-bond donors (Lipinski definition) is 1. The van der Waals surface area contributed by atoms with Crippen LogP contribution in [0.15, 0.2) is 36.4 Å². The first-order valence-electron chi connectivity index (χ1n) is 7.17. The molecule has 1 N–H and O–H groups in total. The third-order valence-electron chi connectivity index (χ3n) is 3.37. The number of halogens is 5. The van der Waals surface area contributed by atoms with Crippen LogP contribution in [0.3, 0.4) is 0 Å². The minimum absolute atomic E-state index is 0. The van der Waals surface area contributed by atoms with Crippen molar-refractivity contribution in [1.82, 2.24) is 0 Å². The lowest BCUT2D eigenvalue weighted by atomic mass is 10.2. The molecule has 0 radical (unpaired) electrons.